The van der Waals surface area contributed by atoms with Gasteiger partial charge in [-0.1, -0.05) is 18.2 Å². The lowest BCUT2D eigenvalue weighted by Gasteiger charge is -2.32. The van der Waals surface area contributed by atoms with E-state index >= 15 is 0 Å². The van der Waals surface area contributed by atoms with Crippen molar-refractivity contribution in [3.63, 3.8) is 0 Å². The van der Waals surface area contributed by atoms with E-state index in [2.05, 4.69) is 10.6 Å². The van der Waals surface area contributed by atoms with Crippen LogP contribution in [0.2, 0.25) is 0 Å². The van der Waals surface area contributed by atoms with Crippen LogP contribution in [0.15, 0.2) is 47.4 Å². The number of carbonyl (C=O) groups excluding carboxylic acids is 1. The number of hydrogen-bond donors (Lipinski definition) is 3. The Morgan fingerprint density at radius 2 is 1.61 bits per heavy atom. The summed E-state index contributed by atoms with van der Waals surface area (Å²) in [5.74, 6) is -1.34. The number of alkyl halides is 7. The molecule has 0 saturated heterocycles. The molecule has 0 bridgehead atoms. The largest absolute Gasteiger partial charge is 0.430 e. The van der Waals surface area contributed by atoms with E-state index in [0.717, 1.165) is 12.1 Å². The maximum Gasteiger partial charge on any atom is 0.430 e. The molecule has 1 aliphatic carbocycles. The van der Waals surface area contributed by atoms with E-state index in [-0.39, 0.29) is 30.0 Å². The first-order valence-corrected chi connectivity index (χ1v) is 12.2. The highest BCUT2D eigenvalue weighted by atomic mass is 32.2. The van der Waals surface area contributed by atoms with Crippen LogP contribution in [0.1, 0.15) is 35.6 Å². The molecule has 6 nitrogen and oxygen atoms in total. The van der Waals surface area contributed by atoms with E-state index in [1.165, 1.54) is 18.2 Å². The zero-order chi connectivity index (χ0) is 26.7. The summed E-state index contributed by atoms with van der Waals surface area (Å²) in [6.45, 7) is 0.0979. The van der Waals surface area contributed by atoms with E-state index < -0.39 is 56.7 Å². The lowest BCUT2D eigenvalue weighted by Crippen LogP contribution is -2.53. The summed E-state index contributed by atoms with van der Waals surface area (Å²) in [6.07, 6.45) is -11.7. The summed E-state index contributed by atoms with van der Waals surface area (Å²) in [4.78, 5) is 12.6. The molecule has 4 rings (SSSR count). The number of rotatable bonds is 6. The minimum Gasteiger partial charge on any atom is -0.369 e. The Labute approximate surface area is 200 Å². The SMILES string of the molecule is O=C(Nc1ccc(C(O)(C(F)(F)F)C(F)(F)F)cc1)C1NCc2cc(S(=O)(=O)CC3(F)CC3)ccc21. The van der Waals surface area contributed by atoms with E-state index in [1.807, 2.05) is 0 Å². The fraction of sp³-hybridized carbons (Fsp3) is 0.409. The monoisotopic (exact) mass is 540 g/mol. The Morgan fingerprint density at radius 1 is 1.03 bits per heavy atom. The van der Waals surface area contributed by atoms with Gasteiger partial charge in [-0.3, -0.25) is 10.1 Å². The average molecular weight is 540 g/mol. The van der Waals surface area contributed by atoms with Crippen molar-refractivity contribution in [2.75, 3.05) is 11.1 Å². The van der Waals surface area contributed by atoms with Crippen molar-refractivity contribution in [1.82, 2.24) is 5.32 Å². The summed E-state index contributed by atoms with van der Waals surface area (Å²) < 4.78 is 117. The van der Waals surface area contributed by atoms with Crippen LogP contribution in [0.5, 0.6) is 0 Å². The molecule has 196 valence electrons. The third-order valence-corrected chi connectivity index (χ3v) is 8.04. The summed E-state index contributed by atoms with van der Waals surface area (Å²) in [5.41, 5.74) is -7.54. The molecule has 1 atom stereocenters. The van der Waals surface area contributed by atoms with Crippen molar-refractivity contribution in [1.29, 1.82) is 0 Å². The maximum absolute atomic E-state index is 14.0. The summed E-state index contributed by atoms with van der Waals surface area (Å²) >= 11 is 0. The standard InChI is InChI=1S/C22H19F7N2O4S/c23-19(7-8-19)11-36(34,35)15-5-6-16-12(9-15)10-30-17(16)18(32)31-14-3-1-13(2-4-14)20(33,21(24,25)26)22(27,28)29/h1-6,9,17,30,33H,7-8,10-11H2,(H,31,32). The quantitative estimate of drug-likeness (QED) is 0.481. The van der Waals surface area contributed by atoms with Crippen LogP contribution in [0.3, 0.4) is 0 Å². The summed E-state index contributed by atoms with van der Waals surface area (Å²) in [6, 6.07) is 5.35. The molecule has 14 heteroatoms. The van der Waals surface area contributed by atoms with Gasteiger partial charge in [-0.2, -0.15) is 26.3 Å². The molecule has 2 aromatic rings. The molecule has 36 heavy (non-hydrogen) atoms. The fourth-order valence-electron chi connectivity index (χ4n) is 3.97. The Balaban J connectivity index is 1.50. The number of anilines is 1. The van der Waals surface area contributed by atoms with Crippen LogP contribution >= 0.6 is 0 Å². The molecule has 0 radical (unpaired) electrons. The van der Waals surface area contributed by atoms with Gasteiger partial charge in [-0.05, 0) is 48.2 Å². The van der Waals surface area contributed by atoms with Crippen LogP contribution in [-0.4, -0.2) is 43.2 Å². The summed E-state index contributed by atoms with van der Waals surface area (Å²) in [7, 11) is -3.88. The first-order valence-electron chi connectivity index (χ1n) is 10.5. The Morgan fingerprint density at radius 3 is 2.14 bits per heavy atom. The van der Waals surface area contributed by atoms with Gasteiger partial charge in [-0.15, -0.1) is 0 Å². The number of amides is 1. The molecule has 1 heterocycles. The minimum atomic E-state index is -6.04. The van der Waals surface area contributed by atoms with Gasteiger partial charge in [0.15, 0.2) is 9.84 Å². The lowest BCUT2D eigenvalue weighted by atomic mass is 9.92. The molecular formula is C22H19F7N2O4S. The first-order chi connectivity index (χ1) is 16.5. The van der Waals surface area contributed by atoms with Gasteiger partial charge >= 0.3 is 12.4 Å². The van der Waals surface area contributed by atoms with Crippen molar-refractivity contribution >= 4 is 21.4 Å². The first kappa shape index (κ1) is 26.4. The molecule has 3 N–H and O–H groups in total. The molecule has 0 spiro atoms. The molecule has 2 aromatic carbocycles. The Bertz CT molecular complexity index is 1270. The van der Waals surface area contributed by atoms with Crippen molar-refractivity contribution in [3.05, 3.63) is 59.2 Å². The molecule has 0 aromatic heterocycles. The summed E-state index contributed by atoms with van der Waals surface area (Å²) in [5, 5.41) is 14.6. The van der Waals surface area contributed by atoms with Crippen molar-refractivity contribution < 1.29 is 49.1 Å². The number of sulfone groups is 1. The lowest BCUT2D eigenvalue weighted by molar-refractivity contribution is -0.376. The number of halogens is 7. The Hall–Kier alpha value is -2.71. The fourth-order valence-corrected chi connectivity index (χ4v) is 5.70. The normalized spacial score (nSPS) is 19.6. The zero-order valence-electron chi connectivity index (χ0n) is 18.2. The highest BCUT2D eigenvalue weighted by Gasteiger charge is 2.71. The van der Waals surface area contributed by atoms with Gasteiger partial charge in [0, 0.05) is 17.8 Å². The topological polar surface area (TPSA) is 95.5 Å². The van der Waals surface area contributed by atoms with Gasteiger partial charge in [0.2, 0.25) is 5.91 Å². The van der Waals surface area contributed by atoms with Crippen LogP contribution < -0.4 is 10.6 Å². The maximum atomic E-state index is 14.0. The Kier molecular flexibility index (Phi) is 6.16. The molecule has 1 amide bonds. The van der Waals surface area contributed by atoms with Crippen molar-refractivity contribution in [3.8, 4) is 0 Å². The molecule has 1 unspecified atom stereocenters. The number of hydrogen-bond acceptors (Lipinski definition) is 5. The van der Waals surface area contributed by atoms with Gasteiger partial charge < -0.3 is 10.4 Å². The van der Waals surface area contributed by atoms with Crippen LogP contribution in [0.4, 0.5) is 36.4 Å². The van der Waals surface area contributed by atoms with E-state index in [1.54, 1.807) is 0 Å². The second kappa shape index (κ2) is 8.42. The van der Waals surface area contributed by atoms with Crippen LogP contribution in [0.25, 0.3) is 0 Å². The van der Waals surface area contributed by atoms with Gasteiger partial charge in [-0.25, -0.2) is 12.8 Å². The highest BCUT2D eigenvalue weighted by molar-refractivity contribution is 7.91. The third-order valence-electron chi connectivity index (χ3n) is 6.18. The molecule has 1 fully saturated rings. The smallest absolute Gasteiger partial charge is 0.369 e. The van der Waals surface area contributed by atoms with Crippen molar-refractivity contribution in [2.45, 2.75) is 53.9 Å². The second-order valence-electron chi connectivity index (χ2n) is 8.86. The number of fused-ring (bicyclic) bond motifs is 1. The number of benzene rings is 2. The minimum absolute atomic E-state index is 0.0922. The number of aliphatic hydroxyl groups is 1. The predicted octanol–water partition coefficient (Wildman–Crippen LogP) is 4.06. The van der Waals surface area contributed by atoms with E-state index in [0.29, 0.717) is 23.3 Å². The number of nitrogens with one attached hydrogen (secondary N) is 2. The third kappa shape index (κ3) is 4.68. The predicted molar refractivity (Wildman–Crippen MR) is 112 cm³/mol. The highest BCUT2D eigenvalue weighted by Crippen LogP contribution is 2.50. The molecule has 1 saturated carbocycles. The van der Waals surface area contributed by atoms with Gasteiger partial charge in [0.1, 0.15) is 11.7 Å². The van der Waals surface area contributed by atoms with Crippen LogP contribution in [-0.2, 0) is 26.8 Å². The number of carbonyl (C=O) groups is 1. The zero-order valence-corrected chi connectivity index (χ0v) is 19.0. The average Bonchev–Trinajstić information content (AvgIpc) is 3.31. The molecule has 1 aliphatic heterocycles. The van der Waals surface area contributed by atoms with Crippen LogP contribution in [0, 0.1) is 0 Å². The second-order valence-corrected chi connectivity index (χ2v) is 10.8. The molecule has 2 aliphatic rings. The van der Waals surface area contributed by atoms with Crippen molar-refractivity contribution in [2.24, 2.45) is 0 Å². The van der Waals surface area contributed by atoms with E-state index in [9.17, 15) is 49.1 Å². The van der Waals surface area contributed by atoms with Gasteiger partial charge in [0.05, 0.1) is 10.6 Å². The van der Waals surface area contributed by atoms with Gasteiger partial charge in [0.25, 0.3) is 5.60 Å². The van der Waals surface area contributed by atoms with E-state index in [4.69, 9.17) is 0 Å². The molecular weight excluding hydrogens is 521 g/mol.